The maximum Gasteiger partial charge on any atom is 0.430 e. The number of alkyl halides is 3. The Morgan fingerprint density at radius 2 is 2.06 bits per heavy atom. The van der Waals surface area contributed by atoms with Crippen LogP contribution in [0.1, 0.15) is 25.6 Å². The average molecular weight is 252 g/mol. The van der Waals surface area contributed by atoms with E-state index in [1.54, 1.807) is 0 Å². The molecule has 0 atom stereocenters. The smallest absolute Gasteiger partial charge is 0.430 e. The predicted molar refractivity (Wildman–Crippen MR) is 51.6 cm³/mol. The number of halogens is 3. The van der Waals surface area contributed by atoms with Crippen molar-refractivity contribution in [2.45, 2.75) is 32.4 Å². The molecule has 17 heavy (non-hydrogen) atoms. The zero-order valence-corrected chi connectivity index (χ0v) is 9.67. The lowest BCUT2D eigenvalue weighted by Gasteiger charge is -2.03. The highest BCUT2D eigenvalue weighted by atomic mass is 19.4. The molecule has 0 aliphatic carbocycles. The third-order valence-electron chi connectivity index (χ3n) is 1.97. The van der Waals surface area contributed by atoms with E-state index < -0.39 is 12.1 Å². The molecule has 4 nitrogen and oxygen atoms in total. The molecule has 1 aromatic rings. The number of hydrogen-bond donors (Lipinski definition) is 1. The molecular formula is C10H15F3N2O2. The molecule has 0 aliphatic rings. The summed E-state index contributed by atoms with van der Waals surface area (Å²) in [4.78, 5) is 12.0. The molecule has 1 aromatic heterocycles. The fourth-order valence-electron chi connectivity index (χ4n) is 1.03. The van der Waals surface area contributed by atoms with Crippen molar-refractivity contribution in [3.63, 3.8) is 0 Å². The summed E-state index contributed by atoms with van der Waals surface area (Å²) >= 11 is 0. The molecule has 0 fully saturated rings. The first-order chi connectivity index (χ1) is 7.79. The van der Waals surface area contributed by atoms with Crippen LogP contribution in [0, 0.1) is 0 Å². The van der Waals surface area contributed by atoms with Crippen LogP contribution in [0.4, 0.5) is 13.2 Å². The number of carbonyl (C=O) groups is 1. The van der Waals surface area contributed by atoms with E-state index in [1.165, 1.54) is 25.1 Å². The van der Waals surface area contributed by atoms with Crippen molar-refractivity contribution in [3.8, 4) is 0 Å². The Labute approximate surface area is 97.1 Å². The molecule has 1 N–H and O–H groups in total. The maximum atomic E-state index is 10.5. The number of carboxylic acids is 1. The van der Waals surface area contributed by atoms with Gasteiger partial charge in [-0.25, -0.2) is 9.55 Å². The molecule has 0 saturated heterocycles. The summed E-state index contributed by atoms with van der Waals surface area (Å²) in [7, 11) is 2.07. The zero-order chi connectivity index (χ0) is 13.5. The van der Waals surface area contributed by atoms with Crippen LogP contribution < -0.4 is 9.67 Å². The van der Waals surface area contributed by atoms with Crippen molar-refractivity contribution in [2.75, 3.05) is 0 Å². The van der Waals surface area contributed by atoms with Crippen LogP contribution in [0.25, 0.3) is 0 Å². The standard InChI is InChI=1S/C8H14N2.C2HF3O2/c1-3-4-5-8-9-6-7-10(8)2;3-2(4,5)1(6)7/h6-7H,3-5H2,1-2H3;(H,6,7). The topological polar surface area (TPSA) is 59.8 Å². The lowest BCUT2D eigenvalue weighted by Crippen LogP contribution is -2.37. The molecule has 0 radical (unpaired) electrons. The molecule has 0 amide bonds. The first-order valence-electron chi connectivity index (χ1n) is 5.09. The fraction of sp³-hybridized carbons (Fsp3) is 0.600. The van der Waals surface area contributed by atoms with Crippen molar-refractivity contribution in [1.82, 2.24) is 4.98 Å². The second kappa shape index (κ2) is 6.93. The summed E-state index contributed by atoms with van der Waals surface area (Å²) < 4.78 is 33.7. The minimum Gasteiger partial charge on any atom is -0.542 e. The molecule has 0 unspecified atom stereocenters. The number of unbranched alkanes of at least 4 members (excludes halogenated alkanes) is 1. The lowest BCUT2D eigenvalue weighted by molar-refractivity contribution is -0.677. The van der Waals surface area contributed by atoms with Crippen LogP contribution in [-0.4, -0.2) is 17.1 Å². The molecule has 0 saturated carbocycles. The Morgan fingerprint density at radius 3 is 2.35 bits per heavy atom. The van der Waals surface area contributed by atoms with E-state index in [2.05, 4.69) is 23.5 Å². The summed E-state index contributed by atoms with van der Waals surface area (Å²) in [5, 5.41) is 8.78. The zero-order valence-electron chi connectivity index (χ0n) is 9.67. The van der Waals surface area contributed by atoms with Crippen LogP contribution in [0.15, 0.2) is 12.4 Å². The van der Waals surface area contributed by atoms with Crippen LogP contribution in [0.2, 0.25) is 0 Å². The van der Waals surface area contributed by atoms with Crippen molar-refractivity contribution in [2.24, 2.45) is 7.05 Å². The van der Waals surface area contributed by atoms with Crippen LogP contribution in [-0.2, 0) is 18.3 Å². The van der Waals surface area contributed by atoms with Gasteiger partial charge in [-0.2, -0.15) is 13.2 Å². The SMILES string of the molecule is CCCCc1[nH]cc[n+]1C.O=C([O-])C(F)(F)F. The monoisotopic (exact) mass is 252 g/mol. The van der Waals surface area contributed by atoms with E-state index in [4.69, 9.17) is 9.90 Å². The van der Waals surface area contributed by atoms with Gasteiger partial charge in [0.2, 0.25) is 0 Å². The average Bonchev–Trinajstić information content (AvgIpc) is 2.60. The van der Waals surface area contributed by atoms with Gasteiger partial charge in [0.15, 0.2) is 0 Å². The van der Waals surface area contributed by atoms with E-state index in [-0.39, 0.29) is 0 Å². The Bertz CT molecular complexity index is 348. The summed E-state index contributed by atoms with van der Waals surface area (Å²) in [6.07, 6.45) is 2.53. The highest BCUT2D eigenvalue weighted by molar-refractivity contribution is 5.70. The van der Waals surface area contributed by atoms with E-state index in [9.17, 15) is 13.2 Å². The van der Waals surface area contributed by atoms with Gasteiger partial charge in [0.05, 0.1) is 7.05 Å². The van der Waals surface area contributed by atoms with Crippen LogP contribution >= 0.6 is 0 Å². The maximum absolute atomic E-state index is 10.5. The summed E-state index contributed by atoms with van der Waals surface area (Å²) in [5.74, 6) is -1.69. The number of aryl methyl sites for hydroxylation is 2. The first kappa shape index (κ1) is 15.5. The Hall–Kier alpha value is -1.53. The number of H-pyrrole nitrogens is 1. The second-order valence-electron chi connectivity index (χ2n) is 3.41. The van der Waals surface area contributed by atoms with Crippen molar-refractivity contribution < 1.29 is 27.6 Å². The van der Waals surface area contributed by atoms with Crippen molar-refractivity contribution >= 4 is 5.97 Å². The van der Waals surface area contributed by atoms with Gasteiger partial charge in [-0.1, -0.05) is 13.3 Å². The summed E-state index contributed by atoms with van der Waals surface area (Å²) in [5.41, 5.74) is 0. The molecule has 7 heteroatoms. The van der Waals surface area contributed by atoms with Crippen molar-refractivity contribution in [3.05, 3.63) is 18.2 Å². The Kier molecular flexibility index (Phi) is 6.30. The molecule has 0 aliphatic heterocycles. The van der Waals surface area contributed by atoms with E-state index in [0.717, 1.165) is 0 Å². The van der Waals surface area contributed by atoms with Gasteiger partial charge in [0.25, 0.3) is 5.82 Å². The third-order valence-corrected chi connectivity index (χ3v) is 1.97. The fourth-order valence-corrected chi connectivity index (χ4v) is 1.03. The summed E-state index contributed by atoms with van der Waals surface area (Å²) in [6, 6.07) is 0. The second-order valence-corrected chi connectivity index (χ2v) is 3.41. The number of aromatic nitrogens is 2. The minimum atomic E-state index is -5.19. The van der Waals surface area contributed by atoms with Gasteiger partial charge < -0.3 is 9.90 Å². The first-order valence-corrected chi connectivity index (χ1v) is 5.09. The molecule has 1 rings (SSSR count). The van der Waals surface area contributed by atoms with Gasteiger partial charge in [0.1, 0.15) is 18.4 Å². The normalized spacial score (nSPS) is 10.6. The predicted octanol–water partition coefficient (Wildman–Crippen LogP) is 0.480. The number of aromatic amines is 1. The largest absolute Gasteiger partial charge is 0.542 e. The number of rotatable bonds is 3. The summed E-state index contributed by atoms with van der Waals surface area (Å²) in [6.45, 7) is 2.21. The number of nitrogens with one attached hydrogen (secondary N) is 1. The highest BCUT2D eigenvalue weighted by Crippen LogP contribution is 2.11. The molecule has 98 valence electrons. The van der Waals surface area contributed by atoms with Crippen LogP contribution in [0.3, 0.4) is 0 Å². The highest BCUT2D eigenvalue weighted by Gasteiger charge is 2.28. The Balaban J connectivity index is 0.000000325. The number of carbonyl (C=O) groups excluding carboxylic acids is 1. The van der Waals surface area contributed by atoms with Gasteiger partial charge in [-0.3, -0.25) is 0 Å². The number of imidazole rings is 1. The van der Waals surface area contributed by atoms with Crippen LogP contribution in [0.5, 0.6) is 0 Å². The van der Waals surface area contributed by atoms with Gasteiger partial charge in [-0.05, 0) is 6.42 Å². The van der Waals surface area contributed by atoms with Crippen molar-refractivity contribution in [1.29, 1.82) is 0 Å². The quantitative estimate of drug-likeness (QED) is 0.795. The number of aliphatic carboxylic acids is 1. The van der Waals surface area contributed by atoms with Gasteiger partial charge in [0, 0.05) is 6.42 Å². The van der Waals surface area contributed by atoms with E-state index in [1.807, 2.05) is 12.4 Å². The van der Waals surface area contributed by atoms with Gasteiger partial charge in [-0.15, -0.1) is 0 Å². The molecule has 1 heterocycles. The molecule has 0 aromatic carbocycles. The number of nitrogens with zero attached hydrogens (tertiary/aromatic N) is 1. The molecular weight excluding hydrogens is 237 g/mol. The number of hydrogen-bond acceptors (Lipinski definition) is 2. The lowest BCUT2D eigenvalue weighted by atomic mass is 10.2. The third kappa shape index (κ3) is 6.60. The molecule has 0 bridgehead atoms. The Morgan fingerprint density at radius 1 is 1.53 bits per heavy atom. The molecule has 0 spiro atoms. The van der Waals surface area contributed by atoms with E-state index >= 15 is 0 Å². The van der Waals surface area contributed by atoms with Gasteiger partial charge >= 0.3 is 6.18 Å². The number of carboxylic acid groups (broad SMARTS) is 1. The minimum absolute atomic E-state index is 1.17. The van der Waals surface area contributed by atoms with E-state index in [0.29, 0.717) is 0 Å².